The van der Waals surface area contributed by atoms with Crippen molar-refractivity contribution >= 4 is 5.82 Å². The molecule has 25 heavy (non-hydrogen) atoms. The summed E-state index contributed by atoms with van der Waals surface area (Å²) in [5, 5.41) is 3.49. The quantitative estimate of drug-likeness (QED) is 0.908. The van der Waals surface area contributed by atoms with E-state index in [0.717, 1.165) is 69.6 Å². The van der Waals surface area contributed by atoms with Crippen LogP contribution in [-0.2, 0) is 17.7 Å². The van der Waals surface area contributed by atoms with Crippen molar-refractivity contribution < 1.29 is 4.74 Å². The molecule has 132 valence electrons. The van der Waals surface area contributed by atoms with Gasteiger partial charge in [-0.3, -0.25) is 4.90 Å². The number of nitrogens with zero attached hydrogens (tertiary/aromatic N) is 3. The van der Waals surface area contributed by atoms with E-state index in [2.05, 4.69) is 50.5 Å². The third-order valence-electron chi connectivity index (χ3n) is 5.15. The van der Waals surface area contributed by atoms with Crippen LogP contribution in [0.3, 0.4) is 0 Å². The summed E-state index contributed by atoms with van der Waals surface area (Å²) in [5.41, 5.74) is 4.08. The van der Waals surface area contributed by atoms with Crippen LogP contribution in [0.5, 0.6) is 0 Å². The second kappa shape index (κ2) is 7.50. The Morgan fingerprint density at radius 1 is 1.24 bits per heavy atom. The first-order chi connectivity index (χ1) is 12.3. The zero-order valence-electron chi connectivity index (χ0n) is 14.9. The molecule has 1 unspecified atom stereocenters. The maximum atomic E-state index is 5.49. The summed E-state index contributed by atoms with van der Waals surface area (Å²) in [6, 6.07) is 10.9. The molecule has 1 fully saturated rings. The lowest BCUT2D eigenvalue weighted by molar-refractivity contribution is 0.193. The molecule has 2 aliphatic heterocycles. The van der Waals surface area contributed by atoms with Gasteiger partial charge in [0.1, 0.15) is 11.6 Å². The van der Waals surface area contributed by atoms with Crippen LogP contribution in [-0.4, -0.2) is 47.7 Å². The van der Waals surface area contributed by atoms with Gasteiger partial charge in [0.2, 0.25) is 0 Å². The van der Waals surface area contributed by atoms with E-state index in [4.69, 9.17) is 4.74 Å². The molecular formula is C20H26N4O. The van der Waals surface area contributed by atoms with Crippen molar-refractivity contribution in [3.8, 4) is 0 Å². The second-order valence-electron chi connectivity index (χ2n) is 7.01. The largest absolute Gasteiger partial charge is 0.381 e. The SMILES string of the molecule is Cc1nc(NCCN2CCc3ccccc3C2)cc(C2CCOC2)n1. The Morgan fingerprint density at radius 3 is 2.96 bits per heavy atom. The standard InChI is InChI=1S/C20H26N4O/c1-15-22-19(18-7-11-25-14-18)12-20(23-15)21-8-10-24-9-6-16-4-2-3-5-17(16)13-24/h2-5,12,18H,6-11,13-14H2,1H3,(H,21,22,23). The number of benzene rings is 1. The van der Waals surface area contributed by atoms with E-state index in [1.165, 1.54) is 11.1 Å². The fourth-order valence-corrected chi connectivity index (χ4v) is 3.75. The number of rotatable bonds is 5. The van der Waals surface area contributed by atoms with Gasteiger partial charge in [0.05, 0.1) is 12.3 Å². The first-order valence-electron chi connectivity index (χ1n) is 9.24. The van der Waals surface area contributed by atoms with Crippen LogP contribution in [0.4, 0.5) is 5.82 Å². The number of aryl methyl sites for hydroxylation is 1. The number of hydrogen-bond donors (Lipinski definition) is 1. The number of aromatic nitrogens is 2. The van der Waals surface area contributed by atoms with E-state index in [0.29, 0.717) is 5.92 Å². The minimum Gasteiger partial charge on any atom is -0.381 e. The highest BCUT2D eigenvalue weighted by Gasteiger charge is 2.20. The molecule has 2 aliphatic rings. The highest BCUT2D eigenvalue weighted by Crippen LogP contribution is 2.25. The third-order valence-corrected chi connectivity index (χ3v) is 5.15. The summed E-state index contributed by atoms with van der Waals surface area (Å²) >= 11 is 0. The molecular weight excluding hydrogens is 312 g/mol. The predicted molar refractivity (Wildman–Crippen MR) is 98.9 cm³/mol. The van der Waals surface area contributed by atoms with Crippen molar-refractivity contribution in [1.82, 2.24) is 14.9 Å². The Hall–Kier alpha value is -1.98. The van der Waals surface area contributed by atoms with Crippen molar-refractivity contribution in [3.05, 3.63) is 53.0 Å². The molecule has 0 aliphatic carbocycles. The topological polar surface area (TPSA) is 50.3 Å². The van der Waals surface area contributed by atoms with E-state index in [-0.39, 0.29) is 0 Å². The van der Waals surface area contributed by atoms with E-state index in [9.17, 15) is 0 Å². The maximum absolute atomic E-state index is 5.49. The van der Waals surface area contributed by atoms with Gasteiger partial charge in [-0.25, -0.2) is 9.97 Å². The fourth-order valence-electron chi connectivity index (χ4n) is 3.75. The molecule has 0 amide bonds. The molecule has 1 saturated heterocycles. The molecule has 4 rings (SSSR count). The van der Waals surface area contributed by atoms with E-state index in [1.54, 1.807) is 0 Å². The van der Waals surface area contributed by atoms with E-state index in [1.807, 2.05) is 6.92 Å². The molecule has 5 heteroatoms. The smallest absolute Gasteiger partial charge is 0.129 e. The Bertz CT molecular complexity index is 727. The van der Waals surface area contributed by atoms with Crippen molar-refractivity contribution in [2.45, 2.75) is 32.2 Å². The van der Waals surface area contributed by atoms with Gasteiger partial charge in [-0.1, -0.05) is 24.3 Å². The molecule has 2 aromatic rings. The molecule has 3 heterocycles. The predicted octanol–water partition coefficient (Wildman–Crippen LogP) is 2.76. The van der Waals surface area contributed by atoms with Gasteiger partial charge in [0.15, 0.2) is 0 Å². The first-order valence-corrected chi connectivity index (χ1v) is 9.24. The van der Waals surface area contributed by atoms with Gasteiger partial charge in [-0.05, 0) is 30.9 Å². The van der Waals surface area contributed by atoms with Crippen molar-refractivity contribution in [2.75, 3.05) is 38.2 Å². The lowest BCUT2D eigenvalue weighted by atomic mass is 10.00. The molecule has 1 aromatic heterocycles. The fraction of sp³-hybridized carbons (Fsp3) is 0.500. The number of nitrogens with one attached hydrogen (secondary N) is 1. The number of fused-ring (bicyclic) bond motifs is 1. The average molecular weight is 338 g/mol. The minimum atomic E-state index is 0.417. The Balaban J connectivity index is 1.33. The van der Waals surface area contributed by atoms with Crippen LogP contribution in [0.15, 0.2) is 30.3 Å². The van der Waals surface area contributed by atoms with Gasteiger partial charge in [-0.2, -0.15) is 0 Å². The van der Waals surface area contributed by atoms with Crippen molar-refractivity contribution in [1.29, 1.82) is 0 Å². The number of hydrogen-bond acceptors (Lipinski definition) is 5. The van der Waals surface area contributed by atoms with Gasteiger partial charge >= 0.3 is 0 Å². The van der Waals surface area contributed by atoms with Crippen molar-refractivity contribution in [3.63, 3.8) is 0 Å². The van der Waals surface area contributed by atoms with Crippen LogP contribution in [0.1, 0.15) is 35.0 Å². The Labute approximate surface area is 149 Å². The lowest BCUT2D eigenvalue weighted by Crippen LogP contribution is -2.34. The second-order valence-corrected chi connectivity index (χ2v) is 7.01. The maximum Gasteiger partial charge on any atom is 0.129 e. The average Bonchev–Trinajstić information content (AvgIpc) is 3.16. The zero-order chi connectivity index (χ0) is 17.1. The molecule has 5 nitrogen and oxygen atoms in total. The highest BCUT2D eigenvalue weighted by atomic mass is 16.5. The molecule has 0 saturated carbocycles. The molecule has 0 radical (unpaired) electrons. The normalized spacial score (nSPS) is 20.4. The summed E-state index contributed by atoms with van der Waals surface area (Å²) in [6.45, 7) is 7.69. The van der Waals surface area contributed by atoms with Gasteiger partial charge in [0, 0.05) is 44.8 Å². The molecule has 1 atom stereocenters. The van der Waals surface area contributed by atoms with Crippen LogP contribution < -0.4 is 5.32 Å². The summed E-state index contributed by atoms with van der Waals surface area (Å²) in [7, 11) is 0. The Kier molecular flexibility index (Phi) is 4.95. The number of ether oxygens (including phenoxy) is 1. The van der Waals surface area contributed by atoms with Crippen LogP contribution in [0, 0.1) is 6.92 Å². The van der Waals surface area contributed by atoms with Gasteiger partial charge < -0.3 is 10.1 Å². The zero-order valence-corrected chi connectivity index (χ0v) is 14.9. The van der Waals surface area contributed by atoms with Crippen LogP contribution in [0.25, 0.3) is 0 Å². The summed E-state index contributed by atoms with van der Waals surface area (Å²) < 4.78 is 5.49. The van der Waals surface area contributed by atoms with Crippen molar-refractivity contribution in [2.24, 2.45) is 0 Å². The molecule has 0 spiro atoms. The first kappa shape index (κ1) is 16.5. The molecule has 0 bridgehead atoms. The lowest BCUT2D eigenvalue weighted by Gasteiger charge is -2.28. The van der Waals surface area contributed by atoms with Gasteiger partial charge in [0.25, 0.3) is 0 Å². The van der Waals surface area contributed by atoms with Crippen LogP contribution in [0.2, 0.25) is 0 Å². The molecule has 1 N–H and O–H groups in total. The van der Waals surface area contributed by atoms with Gasteiger partial charge in [-0.15, -0.1) is 0 Å². The van der Waals surface area contributed by atoms with E-state index < -0.39 is 0 Å². The third kappa shape index (κ3) is 3.99. The van der Waals surface area contributed by atoms with E-state index >= 15 is 0 Å². The summed E-state index contributed by atoms with van der Waals surface area (Å²) in [5.74, 6) is 2.19. The molecule has 1 aromatic carbocycles. The minimum absolute atomic E-state index is 0.417. The summed E-state index contributed by atoms with van der Waals surface area (Å²) in [4.78, 5) is 11.6. The highest BCUT2D eigenvalue weighted by molar-refractivity contribution is 5.37. The Morgan fingerprint density at radius 2 is 2.12 bits per heavy atom. The summed E-state index contributed by atoms with van der Waals surface area (Å²) in [6.07, 6.45) is 2.21. The van der Waals surface area contributed by atoms with Crippen LogP contribution >= 0.6 is 0 Å². The number of anilines is 1. The monoisotopic (exact) mass is 338 g/mol.